The van der Waals surface area contributed by atoms with Gasteiger partial charge in [-0.25, -0.2) is 0 Å². The third-order valence-corrected chi connectivity index (χ3v) is 4.88. The van der Waals surface area contributed by atoms with Crippen LogP contribution in [-0.2, 0) is 4.79 Å². The number of rotatable bonds is 1. The Hall–Kier alpha value is -0.580. The zero-order chi connectivity index (χ0) is 15.1. The molecule has 0 aliphatic carbocycles. The summed E-state index contributed by atoms with van der Waals surface area (Å²) in [4.78, 5) is 14.3. The Bertz CT molecular complexity index is 527. The normalized spacial score (nSPS) is 24.1. The monoisotopic (exact) mass is 358 g/mol. The summed E-state index contributed by atoms with van der Waals surface area (Å²) in [5.74, 6) is 0.156. The van der Waals surface area contributed by atoms with Crippen LogP contribution in [0.5, 0.6) is 0 Å². The van der Waals surface area contributed by atoms with Gasteiger partial charge in [0.05, 0.1) is 11.1 Å². The van der Waals surface area contributed by atoms with Crippen LogP contribution in [0.1, 0.15) is 45.2 Å². The van der Waals surface area contributed by atoms with Crippen molar-refractivity contribution in [1.82, 2.24) is 4.90 Å². The van der Waals surface area contributed by atoms with Gasteiger partial charge in [-0.05, 0) is 60.8 Å². The molecule has 5 heteroatoms. The van der Waals surface area contributed by atoms with Gasteiger partial charge in [-0.1, -0.05) is 17.7 Å². The number of piperidine rings is 1. The molecule has 1 aliphatic heterocycles. The zero-order valence-corrected chi connectivity index (χ0v) is 14.3. The molecular formula is C15H20BrClN2O. The first-order valence-electron chi connectivity index (χ1n) is 6.74. The Morgan fingerprint density at radius 2 is 2.05 bits per heavy atom. The van der Waals surface area contributed by atoms with Crippen molar-refractivity contribution in [2.45, 2.75) is 51.2 Å². The van der Waals surface area contributed by atoms with Gasteiger partial charge >= 0.3 is 0 Å². The molecular weight excluding hydrogens is 340 g/mol. The summed E-state index contributed by atoms with van der Waals surface area (Å²) in [5.41, 5.74) is 7.03. The average molecular weight is 360 g/mol. The number of hydrogen-bond acceptors (Lipinski definition) is 2. The molecule has 1 amide bonds. The predicted molar refractivity (Wildman–Crippen MR) is 85.7 cm³/mol. The lowest BCUT2D eigenvalue weighted by Crippen LogP contribution is -2.56. The van der Waals surface area contributed by atoms with Crippen molar-refractivity contribution in [2.24, 2.45) is 5.73 Å². The van der Waals surface area contributed by atoms with Gasteiger partial charge < -0.3 is 10.6 Å². The number of carbonyl (C=O) groups is 1. The second kappa shape index (κ2) is 5.66. The summed E-state index contributed by atoms with van der Waals surface area (Å²) >= 11 is 9.58. The summed E-state index contributed by atoms with van der Waals surface area (Å²) in [7, 11) is 0. The van der Waals surface area contributed by atoms with E-state index < -0.39 is 0 Å². The van der Waals surface area contributed by atoms with Crippen LogP contribution in [0.4, 0.5) is 0 Å². The average Bonchev–Trinajstić information content (AvgIpc) is 2.34. The molecule has 110 valence electrons. The lowest BCUT2D eigenvalue weighted by molar-refractivity contribution is -0.144. The number of halogens is 2. The van der Waals surface area contributed by atoms with E-state index >= 15 is 0 Å². The van der Waals surface area contributed by atoms with E-state index in [1.54, 1.807) is 0 Å². The van der Waals surface area contributed by atoms with Gasteiger partial charge in [0.25, 0.3) is 0 Å². The summed E-state index contributed by atoms with van der Waals surface area (Å²) < 4.78 is 0.848. The largest absolute Gasteiger partial charge is 0.329 e. The standard InChI is InChI=1S/C15H20BrClN2O/c1-15(2,3)19-13(20)7-6-12(18)14(19)9-4-5-10(16)11(17)8-9/h4-5,8,12,14H,6-7,18H2,1-3H3. The smallest absolute Gasteiger partial charge is 0.223 e. The van der Waals surface area contributed by atoms with E-state index in [-0.39, 0.29) is 23.5 Å². The minimum atomic E-state index is -0.265. The van der Waals surface area contributed by atoms with Crippen LogP contribution in [0.2, 0.25) is 5.02 Å². The molecule has 1 aromatic carbocycles. The highest BCUT2D eigenvalue weighted by Gasteiger charge is 2.40. The second-order valence-electron chi connectivity index (χ2n) is 6.26. The molecule has 0 aromatic heterocycles. The predicted octanol–water partition coefficient (Wildman–Crippen LogP) is 3.89. The molecule has 3 nitrogen and oxygen atoms in total. The summed E-state index contributed by atoms with van der Waals surface area (Å²) in [6.07, 6.45) is 1.23. The molecule has 2 rings (SSSR count). The molecule has 20 heavy (non-hydrogen) atoms. The van der Waals surface area contributed by atoms with Gasteiger partial charge in [-0.3, -0.25) is 4.79 Å². The van der Waals surface area contributed by atoms with Gasteiger partial charge in [0.15, 0.2) is 0 Å². The van der Waals surface area contributed by atoms with E-state index in [0.717, 1.165) is 10.0 Å². The highest BCUT2D eigenvalue weighted by molar-refractivity contribution is 9.10. The molecule has 2 N–H and O–H groups in total. The van der Waals surface area contributed by atoms with Crippen LogP contribution < -0.4 is 5.73 Å². The van der Waals surface area contributed by atoms with E-state index in [1.807, 2.05) is 43.9 Å². The van der Waals surface area contributed by atoms with Crippen molar-refractivity contribution in [3.05, 3.63) is 33.3 Å². The minimum absolute atomic E-state index is 0.0656. The van der Waals surface area contributed by atoms with Crippen LogP contribution >= 0.6 is 27.5 Å². The van der Waals surface area contributed by atoms with Crippen molar-refractivity contribution in [2.75, 3.05) is 0 Å². The molecule has 0 radical (unpaired) electrons. The van der Waals surface area contributed by atoms with Crippen molar-refractivity contribution in [1.29, 1.82) is 0 Å². The lowest BCUT2D eigenvalue weighted by Gasteiger charge is -2.47. The number of benzene rings is 1. The first-order chi connectivity index (χ1) is 9.21. The fraction of sp³-hybridized carbons (Fsp3) is 0.533. The number of carbonyl (C=O) groups excluding carboxylic acids is 1. The summed E-state index contributed by atoms with van der Waals surface area (Å²) in [6, 6.07) is 5.60. The van der Waals surface area contributed by atoms with E-state index in [2.05, 4.69) is 15.9 Å². The van der Waals surface area contributed by atoms with Gasteiger partial charge in [-0.2, -0.15) is 0 Å². The third-order valence-electron chi connectivity index (χ3n) is 3.65. The van der Waals surface area contributed by atoms with Gasteiger partial charge in [0.2, 0.25) is 5.91 Å². The fourth-order valence-corrected chi connectivity index (χ4v) is 3.23. The van der Waals surface area contributed by atoms with Gasteiger partial charge in [0, 0.05) is 22.5 Å². The fourth-order valence-electron chi connectivity index (χ4n) is 2.80. The van der Waals surface area contributed by atoms with Crippen molar-refractivity contribution >= 4 is 33.4 Å². The summed E-state index contributed by atoms with van der Waals surface area (Å²) in [6.45, 7) is 6.11. The maximum absolute atomic E-state index is 12.4. The molecule has 1 aromatic rings. The molecule has 0 bridgehead atoms. The van der Waals surface area contributed by atoms with Gasteiger partial charge in [-0.15, -0.1) is 0 Å². The van der Waals surface area contributed by atoms with Gasteiger partial charge in [0.1, 0.15) is 0 Å². The van der Waals surface area contributed by atoms with Crippen LogP contribution in [0.15, 0.2) is 22.7 Å². The molecule has 1 fully saturated rings. The number of likely N-dealkylation sites (tertiary alicyclic amines) is 1. The molecule has 2 atom stereocenters. The first kappa shape index (κ1) is 15.8. The third kappa shape index (κ3) is 3.02. The zero-order valence-electron chi connectivity index (χ0n) is 12.0. The number of amides is 1. The van der Waals surface area contributed by atoms with E-state index in [1.165, 1.54) is 0 Å². The summed E-state index contributed by atoms with van der Waals surface area (Å²) in [5, 5.41) is 0.640. The Morgan fingerprint density at radius 3 is 2.60 bits per heavy atom. The lowest BCUT2D eigenvalue weighted by atomic mass is 9.86. The highest BCUT2D eigenvalue weighted by atomic mass is 79.9. The van der Waals surface area contributed by atoms with Crippen LogP contribution in [0, 0.1) is 0 Å². The quantitative estimate of drug-likeness (QED) is 0.827. The van der Waals surface area contributed by atoms with Crippen LogP contribution in [0.3, 0.4) is 0 Å². The minimum Gasteiger partial charge on any atom is -0.329 e. The SMILES string of the molecule is CC(C)(C)N1C(=O)CCC(N)C1c1ccc(Br)c(Cl)c1. The molecule has 0 saturated carbocycles. The molecule has 0 spiro atoms. The van der Waals surface area contributed by atoms with Crippen molar-refractivity contribution in [3.63, 3.8) is 0 Å². The second-order valence-corrected chi connectivity index (χ2v) is 7.52. The Labute approximate surface area is 133 Å². The van der Waals surface area contributed by atoms with Crippen molar-refractivity contribution < 1.29 is 4.79 Å². The molecule has 2 unspecified atom stereocenters. The molecule has 1 heterocycles. The molecule has 1 saturated heterocycles. The first-order valence-corrected chi connectivity index (χ1v) is 7.91. The van der Waals surface area contributed by atoms with E-state index in [4.69, 9.17) is 17.3 Å². The number of nitrogens with zero attached hydrogens (tertiary/aromatic N) is 1. The number of nitrogens with two attached hydrogens (primary N) is 1. The topological polar surface area (TPSA) is 46.3 Å². The Kier molecular flexibility index (Phi) is 4.47. The van der Waals surface area contributed by atoms with E-state index in [0.29, 0.717) is 17.9 Å². The Morgan fingerprint density at radius 1 is 1.40 bits per heavy atom. The highest BCUT2D eigenvalue weighted by Crippen LogP contribution is 2.38. The van der Waals surface area contributed by atoms with Crippen molar-refractivity contribution in [3.8, 4) is 0 Å². The van der Waals surface area contributed by atoms with Crippen LogP contribution in [0.25, 0.3) is 0 Å². The maximum Gasteiger partial charge on any atom is 0.223 e. The maximum atomic E-state index is 12.4. The van der Waals surface area contributed by atoms with Crippen LogP contribution in [-0.4, -0.2) is 22.4 Å². The van der Waals surface area contributed by atoms with E-state index in [9.17, 15) is 4.79 Å². The Balaban J connectivity index is 2.47. The number of hydrogen-bond donors (Lipinski definition) is 1. The molecule has 1 aliphatic rings.